The van der Waals surface area contributed by atoms with Crippen LogP contribution in [0.5, 0.6) is 5.75 Å². The third-order valence-corrected chi connectivity index (χ3v) is 4.80. The van der Waals surface area contributed by atoms with Gasteiger partial charge in [-0.2, -0.15) is 0 Å². The zero-order chi connectivity index (χ0) is 17.6. The number of amides is 2. The molecule has 0 unspecified atom stereocenters. The first kappa shape index (κ1) is 17.5. The molecule has 2 amide bonds. The summed E-state index contributed by atoms with van der Waals surface area (Å²) in [6.07, 6.45) is 0.346. The molecule has 1 heterocycles. The average molecular weight is 403 g/mol. The minimum absolute atomic E-state index is 0.0632. The number of nitrogens with one attached hydrogen (secondary N) is 1. The number of carbonyl (C=O) groups excluding carboxylic acids is 2. The van der Waals surface area contributed by atoms with E-state index >= 15 is 0 Å². The van der Waals surface area contributed by atoms with E-state index in [0.717, 1.165) is 15.7 Å². The van der Waals surface area contributed by atoms with Gasteiger partial charge in [-0.05, 0) is 23.8 Å². The average Bonchev–Trinajstić information content (AvgIpc) is 2.65. The van der Waals surface area contributed by atoms with Gasteiger partial charge in [0.1, 0.15) is 12.4 Å². The van der Waals surface area contributed by atoms with E-state index in [1.807, 2.05) is 48.5 Å². The fraction of sp³-hybridized carbons (Fsp3) is 0.263. The number of ether oxygens (including phenoxy) is 1. The van der Waals surface area contributed by atoms with Crippen LogP contribution in [0.1, 0.15) is 18.4 Å². The number of para-hydroxylation sites is 2. The smallest absolute Gasteiger partial charge is 0.227 e. The molecule has 6 heteroatoms. The van der Waals surface area contributed by atoms with Crippen LogP contribution in [0.2, 0.25) is 0 Å². The van der Waals surface area contributed by atoms with Gasteiger partial charge in [0.15, 0.2) is 0 Å². The summed E-state index contributed by atoms with van der Waals surface area (Å²) in [6, 6.07) is 15.2. The quantitative estimate of drug-likeness (QED) is 0.834. The van der Waals surface area contributed by atoms with Crippen molar-refractivity contribution in [2.24, 2.45) is 0 Å². The SMILES string of the molecule is O=C(CCC(=O)N1CCOc2ccccc21)NCc1ccccc1Br. The van der Waals surface area contributed by atoms with Crippen molar-refractivity contribution in [2.45, 2.75) is 19.4 Å². The summed E-state index contributed by atoms with van der Waals surface area (Å²) in [6.45, 7) is 1.42. The van der Waals surface area contributed by atoms with Gasteiger partial charge in [0, 0.05) is 23.9 Å². The topological polar surface area (TPSA) is 58.6 Å². The van der Waals surface area contributed by atoms with Crippen LogP contribution in [0.4, 0.5) is 5.69 Å². The Morgan fingerprint density at radius 2 is 1.84 bits per heavy atom. The van der Waals surface area contributed by atoms with Crippen molar-refractivity contribution in [1.82, 2.24) is 5.32 Å². The Balaban J connectivity index is 1.51. The maximum atomic E-state index is 12.5. The van der Waals surface area contributed by atoms with E-state index in [9.17, 15) is 9.59 Å². The highest BCUT2D eigenvalue weighted by Crippen LogP contribution is 2.31. The van der Waals surface area contributed by atoms with E-state index in [4.69, 9.17) is 4.74 Å². The second-order valence-corrected chi connectivity index (χ2v) is 6.58. The first-order chi connectivity index (χ1) is 12.1. The van der Waals surface area contributed by atoms with Crippen molar-refractivity contribution < 1.29 is 14.3 Å². The molecule has 1 aliphatic heterocycles. The fourth-order valence-electron chi connectivity index (χ4n) is 2.71. The van der Waals surface area contributed by atoms with Gasteiger partial charge in [-0.3, -0.25) is 9.59 Å². The number of anilines is 1. The minimum Gasteiger partial charge on any atom is -0.490 e. The largest absolute Gasteiger partial charge is 0.490 e. The van der Waals surface area contributed by atoms with Crippen LogP contribution < -0.4 is 15.0 Å². The van der Waals surface area contributed by atoms with Crippen LogP contribution in [-0.4, -0.2) is 25.0 Å². The molecule has 0 aromatic heterocycles. The monoisotopic (exact) mass is 402 g/mol. The zero-order valence-corrected chi connectivity index (χ0v) is 15.3. The molecule has 0 radical (unpaired) electrons. The molecular formula is C19H19BrN2O3. The molecule has 0 saturated heterocycles. The Labute approximate surface area is 155 Å². The highest BCUT2D eigenvalue weighted by Gasteiger charge is 2.23. The maximum Gasteiger partial charge on any atom is 0.227 e. The lowest BCUT2D eigenvalue weighted by molar-refractivity contribution is -0.125. The summed E-state index contributed by atoms with van der Waals surface area (Å²) in [5, 5.41) is 2.85. The number of hydrogen-bond donors (Lipinski definition) is 1. The van der Waals surface area contributed by atoms with Crippen LogP contribution >= 0.6 is 15.9 Å². The van der Waals surface area contributed by atoms with E-state index in [2.05, 4.69) is 21.2 Å². The molecule has 3 rings (SSSR count). The Morgan fingerprint density at radius 1 is 1.08 bits per heavy atom. The van der Waals surface area contributed by atoms with E-state index in [1.165, 1.54) is 0 Å². The number of hydrogen-bond acceptors (Lipinski definition) is 3. The van der Waals surface area contributed by atoms with Crippen LogP contribution in [0.15, 0.2) is 53.0 Å². The fourth-order valence-corrected chi connectivity index (χ4v) is 3.13. The van der Waals surface area contributed by atoms with Crippen molar-refractivity contribution in [3.63, 3.8) is 0 Å². The molecule has 2 aromatic rings. The lowest BCUT2D eigenvalue weighted by Gasteiger charge is -2.29. The number of fused-ring (bicyclic) bond motifs is 1. The summed E-state index contributed by atoms with van der Waals surface area (Å²) in [5.74, 6) is 0.512. The third-order valence-electron chi connectivity index (χ3n) is 4.03. The van der Waals surface area contributed by atoms with Crippen LogP contribution in [0, 0.1) is 0 Å². The summed E-state index contributed by atoms with van der Waals surface area (Å²) in [7, 11) is 0. The van der Waals surface area contributed by atoms with Crippen molar-refractivity contribution in [2.75, 3.05) is 18.1 Å². The molecule has 1 aliphatic rings. The van der Waals surface area contributed by atoms with Crippen molar-refractivity contribution in [3.05, 3.63) is 58.6 Å². The third kappa shape index (κ3) is 4.39. The van der Waals surface area contributed by atoms with Crippen molar-refractivity contribution in [1.29, 1.82) is 0 Å². The van der Waals surface area contributed by atoms with E-state index in [-0.39, 0.29) is 24.7 Å². The summed E-state index contributed by atoms with van der Waals surface area (Å²) in [4.78, 5) is 26.2. The van der Waals surface area contributed by atoms with Gasteiger partial charge in [0.25, 0.3) is 0 Å². The molecule has 0 atom stereocenters. The second-order valence-electron chi connectivity index (χ2n) is 5.73. The summed E-state index contributed by atoms with van der Waals surface area (Å²) < 4.78 is 6.51. The van der Waals surface area contributed by atoms with Gasteiger partial charge >= 0.3 is 0 Å². The first-order valence-corrected chi connectivity index (χ1v) is 8.97. The molecule has 25 heavy (non-hydrogen) atoms. The zero-order valence-electron chi connectivity index (χ0n) is 13.7. The summed E-state index contributed by atoms with van der Waals surface area (Å²) in [5.41, 5.74) is 1.77. The first-order valence-electron chi connectivity index (χ1n) is 8.17. The Morgan fingerprint density at radius 3 is 2.68 bits per heavy atom. The molecule has 0 saturated carbocycles. The number of halogens is 1. The Kier molecular flexibility index (Phi) is 5.71. The van der Waals surface area contributed by atoms with Crippen molar-refractivity contribution in [3.8, 4) is 5.75 Å². The molecule has 0 fully saturated rings. The normalized spacial score (nSPS) is 12.9. The Bertz CT molecular complexity index is 779. The molecule has 0 bridgehead atoms. The maximum absolute atomic E-state index is 12.5. The molecule has 0 spiro atoms. The molecule has 0 aliphatic carbocycles. The van der Waals surface area contributed by atoms with Gasteiger partial charge < -0.3 is 15.0 Å². The predicted molar refractivity (Wildman–Crippen MR) is 99.5 cm³/mol. The van der Waals surface area contributed by atoms with Crippen LogP contribution in [0.25, 0.3) is 0 Å². The highest BCUT2D eigenvalue weighted by atomic mass is 79.9. The second kappa shape index (κ2) is 8.16. The van der Waals surface area contributed by atoms with E-state index < -0.39 is 0 Å². The van der Waals surface area contributed by atoms with Gasteiger partial charge in [0.05, 0.1) is 12.2 Å². The molecule has 1 N–H and O–H groups in total. The predicted octanol–water partition coefficient (Wildman–Crippen LogP) is 3.27. The van der Waals surface area contributed by atoms with Crippen LogP contribution in [0.3, 0.4) is 0 Å². The lowest BCUT2D eigenvalue weighted by Crippen LogP contribution is -2.38. The highest BCUT2D eigenvalue weighted by molar-refractivity contribution is 9.10. The van der Waals surface area contributed by atoms with Gasteiger partial charge in [-0.15, -0.1) is 0 Å². The van der Waals surface area contributed by atoms with E-state index in [1.54, 1.807) is 4.90 Å². The number of carbonyl (C=O) groups is 2. The Hall–Kier alpha value is -2.34. The number of benzene rings is 2. The standard InChI is InChI=1S/C19H19BrN2O3/c20-15-6-2-1-5-14(15)13-21-18(23)9-10-19(24)22-11-12-25-17-8-4-3-7-16(17)22/h1-8H,9-13H2,(H,21,23). The van der Waals surface area contributed by atoms with Gasteiger partial charge in [0.2, 0.25) is 11.8 Å². The molecule has 2 aromatic carbocycles. The molecule has 130 valence electrons. The number of nitrogens with zero attached hydrogens (tertiary/aromatic N) is 1. The lowest BCUT2D eigenvalue weighted by atomic mass is 10.2. The minimum atomic E-state index is -0.134. The summed E-state index contributed by atoms with van der Waals surface area (Å²) >= 11 is 3.45. The van der Waals surface area contributed by atoms with Gasteiger partial charge in [-0.1, -0.05) is 46.3 Å². The molecular weight excluding hydrogens is 384 g/mol. The van der Waals surface area contributed by atoms with Gasteiger partial charge in [-0.25, -0.2) is 0 Å². The molecule has 5 nitrogen and oxygen atoms in total. The van der Waals surface area contributed by atoms with Crippen LogP contribution in [-0.2, 0) is 16.1 Å². The van der Waals surface area contributed by atoms with E-state index in [0.29, 0.717) is 25.4 Å². The van der Waals surface area contributed by atoms with Crippen molar-refractivity contribution >= 4 is 33.4 Å². The number of rotatable bonds is 5.